The molecular weight excluding hydrogens is 384 g/mol. The Hall–Kier alpha value is -3.19. The molecule has 2 aromatic carbocycles. The predicted molar refractivity (Wildman–Crippen MR) is 116 cm³/mol. The third kappa shape index (κ3) is 3.86. The van der Waals surface area contributed by atoms with Gasteiger partial charge in [-0.3, -0.25) is 14.4 Å². The average molecular weight is 407 g/mol. The van der Waals surface area contributed by atoms with Gasteiger partial charge in [-0.15, -0.1) is 0 Å². The summed E-state index contributed by atoms with van der Waals surface area (Å²) in [6.45, 7) is 4.94. The van der Waals surface area contributed by atoms with Gasteiger partial charge in [0.15, 0.2) is 5.13 Å². The van der Waals surface area contributed by atoms with Crippen molar-refractivity contribution in [3.63, 3.8) is 0 Å². The van der Waals surface area contributed by atoms with Crippen LogP contribution in [0.5, 0.6) is 5.75 Å². The second-order valence-corrected chi connectivity index (χ2v) is 7.70. The van der Waals surface area contributed by atoms with Crippen molar-refractivity contribution in [3.8, 4) is 5.75 Å². The van der Waals surface area contributed by atoms with Crippen LogP contribution >= 0.6 is 11.3 Å². The fraction of sp³-hybridized carbons (Fsp3) is 0.227. The molecule has 1 amide bonds. The van der Waals surface area contributed by atoms with Gasteiger partial charge in [-0.05, 0) is 37.6 Å². The summed E-state index contributed by atoms with van der Waals surface area (Å²) in [5, 5.41) is 5.09. The van der Waals surface area contributed by atoms with Gasteiger partial charge in [-0.2, -0.15) is 5.10 Å². The highest BCUT2D eigenvalue weighted by molar-refractivity contribution is 7.22. The van der Waals surface area contributed by atoms with E-state index in [2.05, 4.69) is 5.10 Å². The molecule has 2 aromatic heterocycles. The third-order valence-corrected chi connectivity index (χ3v) is 5.72. The molecule has 6 nitrogen and oxygen atoms in total. The van der Waals surface area contributed by atoms with E-state index in [1.807, 2.05) is 68.4 Å². The van der Waals surface area contributed by atoms with Crippen molar-refractivity contribution < 1.29 is 9.53 Å². The molecule has 0 atom stereocenters. The fourth-order valence-corrected chi connectivity index (χ4v) is 4.17. The largest absolute Gasteiger partial charge is 0.497 e. The summed E-state index contributed by atoms with van der Waals surface area (Å²) < 4.78 is 8.06. The number of carbonyl (C=O) groups is 1. The maximum atomic E-state index is 13.5. The van der Waals surface area contributed by atoms with Crippen molar-refractivity contribution in [3.05, 3.63) is 71.5 Å². The normalized spacial score (nSPS) is 11.0. The third-order valence-electron chi connectivity index (χ3n) is 4.66. The quantitative estimate of drug-likeness (QED) is 0.467. The molecule has 0 N–H and O–H groups in total. The summed E-state index contributed by atoms with van der Waals surface area (Å²) in [6.07, 6.45) is 0. The highest BCUT2D eigenvalue weighted by Gasteiger charge is 2.25. The summed E-state index contributed by atoms with van der Waals surface area (Å²) in [6, 6.07) is 17.5. The SMILES string of the molecule is CCn1nc(C)cc1C(=O)N(Cc1ccccc1)c1nc2cc(OC)ccc2s1. The van der Waals surface area contributed by atoms with E-state index >= 15 is 0 Å². The Morgan fingerprint density at radius 3 is 2.69 bits per heavy atom. The molecule has 0 unspecified atom stereocenters. The molecule has 0 spiro atoms. The van der Waals surface area contributed by atoms with Gasteiger partial charge in [0.2, 0.25) is 0 Å². The van der Waals surface area contributed by atoms with Crippen molar-refractivity contribution in [1.29, 1.82) is 0 Å². The average Bonchev–Trinajstić information content (AvgIpc) is 3.34. The Kier molecular flexibility index (Phi) is 5.31. The van der Waals surface area contributed by atoms with Gasteiger partial charge < -0.3 is 4.74 Å². The van der Waals surface area contributed by atoms with E-state index in [1.165, 1.54) is 11.3 Å². The van der Waals surface area contributed by atoms with Crippen LogP contribution < -0.4 is 9.64 Å². The predicted octanol–water partition coefficient (Wildman–Crippen LogP) is 4.68. The molecule has 4 rings (SSSR count). The summed E-state index contributed by atoms with van der Waals surface area (Å²) >= 11 is 1.50. The molecule has 0 radical (unpaired) electrons. The molecule has 29 heavy (non-hydrogen) atoms. The lowest BCUT2D eigenvalue weighted by Crippen LogP contribution is -2.32. The molecule has 4 aromatic rings. The number of benzene rings is 2. The van der Waals surface area contributed by atoms with Crippen LogP contribution in [-0.4, -0.2) is 27.8 Å². The molecule has 0 aliphatic carbocycles. The van der Waals surface area contributed by atoms with Crippen LogP contribution in [0.15, 0.2) is 54.6 Å². The molecular formula is C22H22N4O2S. The molecule has 0 saturated heterocycles. The Morgan fingerprint density at radius 2 is 1.97 bits per heavy atom. The zero-order valence-electron chi connectivity index (χ0n) is 16.6. The summed E-state index contributed by atoms with van der Waals surface area (Å²) in [7, 11) is 1.63. The molecule has 7 heteroatoms. The maximum absolute atomic E-state index is 13.5. The zero-order chi connectivity index (χ0) is 20.4. The van der Waals surface area contributed by atoms with E-state index in [0.29, 0.717) is 23.9 Å². The lowest BCUT2D eigenvalue weighted by Gasteiger charge is -2.20. The number of anilines is 1. The minimum atomic E-state index is -0.109. The topological polar surface area (TPSA) is 60.2 Å². The molecule has 0 fully saturated rings. The standard InChI is InChI=1S/C22H22N4O2S/c1-4-26-19(12-15(2)24-26)21(27)25(14-16-8-6-5-7-9-16)22-23-18-13-17(28-3)10-11-20(18)29-22/h5-13H,4,14H2,1-3H3. The van der Waals surface area contributed by atoms with Crippen LogP contribution in [0, 0.1) is 6.92 Å². The number of hydrogen-bond acceptors (Lipinski definition) is 5. The Bertz CT molecular complexity index is 1150. The van der Waals surface area contributed by atoms with Crippen molar-refractivity contribution >= 4 is 32.6 Å². The van der Waals surface area contributed by atoms with E-state index in [-0.39, 0.29) is 5.91 Å². The molecule has 0 bridgehead atoms. The van der Waals surface area contributed by atoms with Crippen molar-refractivity contribution in [2.75, 3.05) is 12.0 Å². The molecule has 0 saturated carbocycles. The van der Waals surface area contributed by atoms with Gasteiger partial charge >= 0.3 is 0 Å². The molecule has 0 aliphatic heterocycles. The highest BCUT2D eigenvalue weighted by atomic mass is 32.1. The Labute approximate surface area is 173 Å². The van der Waals surface area contributed by atoms with Gasteiger partial charge in [-0.25, -0.2) is 4.98 Å². The highest BCUT2D eigenvalue weighted by Crippen LogP contribution is 2.32. The number of aryl methyl sites for hydroxylation is 2. The number of rotatable bonds is 6. The van der Waals surface area contributed by atoms with Gasteiger partial charge in [0.1, 0.15) is 11.4 Å². The van der Waals surface area contributed by atoms with Crippen LogP contribution in [0.2, 0.25) is 0 Å². The lowest BCUT2D eigenvalue weighted by molar-refractivity contribution is 0.0975. The van der Waals surface area contributed by atoms with Crippen LogP contribution in [0.25, 0.3) is 10.2 Å². The number of carbonyl (C=O) groups excluding carboxylic acids is 1. The number of thiazole rings is 1. The number of methoxy groups -OCH3 is 1. The minimum Gasteiger partial charge on any atom is -0.497 e. The van der Waals surface area contributed by atoms with Gasteiger partial charge in [0.25, 0.3) is 5.91 Å². The van der Waals surface area contributed by atoms with Crippen molar-refractivity contribution in [2.24, 2.45) is 0 Å². The second kappa shape index (κ2) is 8.05. The second-order valence-electron chi connectivity index (χ2n) is 6.69. The van der Waals surface area contributed by atoms with Gasteiger partial charge in [-0.1, -0.05) is 41.7 Å². The first-order valence-corrected chi connectivity index (χ1v) is 10.3. The number of aromatic nitrogens is 3. The number of amides is 1. The van der Waals surface area contributed by atoms with E-state index in [9.17, 15) is 4.79 Å². The maximum Gasteiger partial charge on any atom is 0.278 e. The Morgan fingerprint density at radius 1 is 1.17 bits per heavy atom. The fourth-order valence-electron chi connectivity index (χ4n) is 3.23. The zero-order valence-corrected chi connectivity index (χ0v) is 17.4. The van der Waals surface area contributed by atoms with E-state index in [0.717, 1.165) is 27.2 Å². The van der Waals surface area contributed by atoms with Crippen LogP contribution in [0.3, 0.4) is 0 Å². The molecule has 0 aliphatic rings. The van der Waals surface area contributed by atoms with Gasteiger partial charge in [0, 0.05) is 12.6 Å². The minimum absolute atomic E-state index is 0.109. The number of fused-ring (bicyclic) bond motifs is 1. The van der Waals surface area contributed by atoms with E-state index in [1.54, 1.807) is 16.7 Å². The first-order chi connectivity index (χ1) is 14.1. The van der Waals surface area contributed by atoms with Gasteiger partial charge in [0.05, 0.1) is 29.6 Å². The monoisotopic (exact) mass is 406 g/mol. The number of hydrogen-bond donors (Lipinski definition) is 0. The summed E-state index contributed by atoms with van der Waals surface area (Å²) in [5.41, 5.74) is 3.24. The smallest absolute Gasteiger partial charge is 0.278 e. The molecule has 148 valence electrons. The van der Waals surface area contributed by atoms with E-state index < -0.39 is 0 Å². The van der Waals surface area contributed by atoms with E-state index in [4.69, 9.17) is 9.72 Å². The lowest BCUT2D eigenvalue weighted by atomic mass is 10.2. The van der Waals surface area contributed by atoms with Crippen molar-refractivity contribution in [1.82, 2.24) is 14.8 Å². The van der Waals surface area contributed by atoms with Crippen LogP contribution in [0.1, 0.15) is 28.7 Å². The Balaban J connectivity index is 1.78. The number of ether oxygens (including phenoxy) is 1. The molecule has 2 heterocycles. The number of nitrogens with zero attached hydrogens (tertiary/aromatic N) is 4. The first kappa shape index (κ1) is 19.1. The van der Waals surface area contributed by atoms with Crippen molar-refractivity contribution in [2.45, 2.75) is 26.9 Å². The van der Waals surface area contributed by atoms with Crippen LogP contribution in [-0.2, 0) is 13.1 Å². The summed E-state index contributed by atoms with van der Waals surface area (Å²) in [5.74, 6) is 0.636. The van der Waals surface area contributed by atoms with Crippen LogP contribution in [0.4, 0.5) is 5.13 Å². The first-order valence-electron chi connectivity index (χ1n) is 9.44. The summed E-state index contributed by atoms with van der Waals surface area (Å²) in [4.78, 5) is 20.0.